The minimum Gasteiger partial charge on any atom is -0.478 e. The molecule has 3 rings (SSSR count). The summed E-state index contributed by atoms with van der Waals surface area (Å²) in [6, 6.07) is 16.6. The van der Waals surface area contributed by atoms with Crippen molar-refractivity contribution in [3.63, 3.8) is 0 Å². The number of amides is 1. The normalized spacial score (nSPS) is 13.9. The molecular formula is C21H23NO3. The van der Waals surface area contributed by atoms with Gasteiger partial charge in [0.2, 0.25) is 5.91 Å². The molecule has 2 aromatic rings. The van der Waals surface area contributed by atoms with Gasteiger partial charge in [0.15, 0.2) is 0 Å². The van der Waals surface area contributed by atoms with Gasteiger partial charge in [-0.15, -0.1) is 0 Å². The molecule has 1 amide bonds. The molecule has 0 aliphatic heterocycles. The van der Waals surface area contributed by atoms with Crippen molar-refractivity contribution in [2.45, 2.75) is 32.2 Å². The summed E-state index contributed by atoms with van der Waals surface area (Å²) in [5.74, 6) is -0.318. The van der Waals surface area contributed by atoms with E-state index < -0.39 is 5.97 Å². The molecule has 1 saturated carbocycles. The smallest absolute Gasteiger partial charge is 0.335 e. The number of rotatable bonds is 7. The number of nitrogens with zero attached hydrogens (tertiary/aromatic N) is 1. The van der Waals surface area contributed by atoms with Gasteiger partial charge in [-0.2, -0.15) is 0 Å². The molecule has 0 atom stereocenters. The Labute approximate surface area is 148 Å². The molecule has 1 fully saturated rings. The van der Waals surface area contributed by atoms with Crippen LogP contribution >= 0.6 is 0 Å². The fraction of sp³-hybridized carbons (Fsp3) is 0.333. The van der Waals surface area contributed by atoms with E-state index in [2.05, 4.69) is 0 Å². The molecule has 0 aromatic heterocycles. The van der Waals surface area contributed by atoms with Gasteiger partial charge in [-0.25, -0.2) is 4.79 Å². The molecule has 1 aliphatic carbocycles. The van der Waals surface area contributed by atoms with Crippen LogP contribution in [0.15, 0.2) is 54.6 Å². The van der Waals surface area contributed by atoms with Crippen LogP contribution in [0.3, 0.4) is 0 Å². The van der Waals surface area contributed by atoms with Crippen LogP contribution < -0.4 is 0 Å². The highest BCUT2D eigenvalue weighted by Gasteiger charge is 2.24. The molecule has 0 radical (unpaired) electrons. The minimum atomic E-state index is -0.968. The zero-order chi connectivity index (χ0) is 17.6. The summed E-state index contributed by atoms with van der Waals surface area (Å²) in [4.78, 5) is 25.9. The van der Waals surface area contributed by atoms with Gasteiger partial charge in [-0.3, -0.25) is 4.79 Å². The third-order valence-electron chi connectivity index (χ3n) is 4.80. The first kappa shape index (κ1) is 17.2. The number of hydrogen-bond donors (Lipinski definition) is 1. The Morgan fingerprint density at radius 1 is 1.00 bits per heavy atom. The molecule has 4 heteroatoms. The molecule has 130 valence electrons. The summed E-state index contributed by atoms with van der Waals surface area (Å²) in [5, 5.41) is 9.11. The van der Waals surface area contributed by atoms with E-state index in [0.717, 1.165) is 17.7 Å². The van der Waals surface area contributed by atoms with E-state index in [0.29, 0.717) is 12.5 Å². The van der Waals surface area contributed by atoms with Gasteiger partial charge in [0, 0.05) is 13.1 Å². The number of hydrogen-bond acceptors (Lipinski definition) is 2. The summed E-state index contributed by atoms with van der Waals surface area (Å²) < 4.78 is 0. The highest BCUT2D eigenvalue weighted by molar-refractivity contribution is 5.88. The summed E-state index contributed by atoms with van der Waals surface area (Å²) in [6.45, 7) is 1.39. The van der Waals surface area contributed by atoms with Crippen LogP contribution in [-0.4, -0.2) is 28.4 Å². The lowest BCUT2D eigenvalue weighted by Crippen LogP contribution is -2.37. The maximum Gasteiger partial charge on any atom is 0.335 e. The first-order chi connectivity index (χ1) is 12.1. The zero-order valence-electron chi connectivity index (χ0n) is 14.2. The zero-order valence-corrected chi connectivity index (χ0v) is 14.2. The number of carboxylic acid groups (broad SMARTS) is 1. The van der Waals surface area contributed by atoms with Crippen molar-refractivity contribution in [2.75, 3.05) is 6.54 Å². The maximum absolute atomic E-state index is 12.9. The van der Waals surface area contributed by atoms with Gasteiger partial charge in [-0.1, -0.05) is 48.9 Å². The second-order valence-electron chi connectivity index (χ2n) is 6.74. The quantitative estimate of drug-likeness (QED) is 0.837. The Bertz CT molecular complexity index is 738. The van der Waals surface area contributed by atoms with Crippen molar-refractivity contribution in [2.24, 2.45) is 5.92 Å². The topological polar surface area (TPSA) is 57.6 Å². The standard InChI is InChI=1S/C21H23NO3/c23-20(13-18-10-5-11-19(12-18)21(24)25)22(15-17-8-4-9-17)14-16-6-2-1-3-7-16/h1-3,5-7,10-12,17H,4,8-9,13-15H2,(H,24,25). The van der Waals surface area contributed by atoms with Gasteiger partial charge < -0.3 is 10.0 Å². The van der Waals surface area contributed by atoms with E-state index in [1.807, 2.05) is 41.3 Å². The predicted molar refractivity (Wildman–Crippen MR) is 96.3 cm³/mol. The van der Waals surface area contributed by atoms with Gasteiger partial charge in [0.05, 0.1) is 12.0 Å². The molecular weight excluding hydrogens is 314 g/mol. The molecule has 4 nitrogen and oxygen atoms in total. The Hall–Kier alpha value is -2.62. The molecule has 0 spiro atoms. The Morgan fingerprint density at radius 3 is 2.36 bits per heavy atom. The first-order valence-electron chi connectivity index (χ1n) is 8.76. The summed E-state index contributed by atoms with van der Waals surface area (Å²) >= 11 is 0. The van der Waals surface area contributed by atoms with E-state index in [1.165, 1.54) is 19.3 Å². The van der Waals surface area contributed by atoms with Crippen LogP contribution in [0.1, 0.15) is 40.7 Å². The lowest BCUT2D eigenvalue weighted by atomic mass is 9.85. The molecule has 0 unspecified atom stereocenters. The number of carbonyl (C=O) groups excluding carboxylic acids is 1. The maximum atomic E-state index is 12.9. The molecule has 0 saturated heterocycles. The van der Waals surface area contributed by atoms with Crippen molar-refractivity contribution in [1.29, 1.82) is 0 Å². The van der Waals surface area contributed by atoms with Crippen molar-refractivity contribution < 1.29 is 14.7 Å². The van der Waals surface area contributed by atoms with E-state index in [-0.39, 0.29) is 17.9 Å². The van der Waals surface area contributed by atoms with Gasteiger partial charge in [0.25, 0.3) is 0 Å². The van der Waals surface area contributed by atoms with E-state index in [4.69, 9.17) is 5.11 Å². The summed E-state index contributed by atoms with van der Waals surface area (Å²) in [5.41, 5.74) is 2.09. The fourth-order valence-corrected chi connectivity index (χ4v) is 3.15. The highest BCUT2D eigenvalue weighted by atomic mass is 16.4. The van der Waals surface area contributed by atoms with Crippen LogP contribution in [0.5, 0.6) is 0 Å². The Morgan fingerprint density at radius 2 is 1.72 bits per heavy atom. The summed E-state index contributed by atoms with van der Waals surface area (Å²) in [6.07, 6.45) is 3.86. The van der Waals surface area contributed by atoms with E-state index in [9.17, 15) is 9.59 Å². The number of carboxylic acids is 1. The molecule has 0 bridgehead atoms. The lowest BCUT2D eigenvalue weighted by molar-refractivity contribution is -0.132. The van der Waals surface area contributed by atoms with Crippen LogP contribution in [0, 0.1) is 5.92 Å². The Balaban J connectivity index is 1.71. The van der Waals surface area contributed by atoms with Crippen molar-refractivity contribution >= 4 is 11.9 Å². The van der Waals surface area contributed by atoms with Gasteiger partial charge in [-0.05, 0) is 42.0 Å². The molecule has 1 N–H and O–H groups in total. The van der Waals surface area contributed by atoms with Crippen molar-refractivity contribution in [3.05, 3.63) is 71.3 Å². The van der Waals surface area contributed by atoms with E-state index in [1.54, 1.807) is 18.2 Å². The summed E-state index contributed by atoms with van der Waals surface area (Å²) in [7, 11) is 0. The van der Waals surface area contributed by atoms with Crippen LogP contribution in [0.2, 0.25) is 0 Å². The van der Waals surface area contributed by atoms with Crippen molar-refractivity contribution in [1.82, 2.24) is 4.90 Å². The Kier molecular flexibility index (Phi) is 5.49. The third kappa shape index (κ3) is 4.69. The number of benzene rings is 2. The molecule has 25 heavy (non-hydrogen) atoms. The SMILES string of the molecule is O=C(O)c1cccc(CC(=O)N(Cc2ccccc2)CC2CCC2)c1. The van der Waals surface area contributed by atoms with Crippen LogP contribution in [-0.2, 0) is 17.8 Å². The van der Waals surface area contributed by atoms with Gasteiger partial charge >= 0.3 is 5.97 Å². The monoisotopic (exact) mass is 337 g/mol. The fourth-order valence-electron chi connectivity index (χ4n) is 3.15. The van der Waals surface area contributed by atoms with Crippen molar-refractivity contribution in [3.8, 4) is 0 Å². The molecule has 2 aromatic carbocycles. The average Bonchev–Trinajstić information content (AvgIpc) is 2.58. The van der Waals surface area contributed by atoms with Crippen LogP contribution in [0.4, 0.5) is 0 Å². The molecule has 1 aliphatic rings. The lowest BCUT2D eigenvalue weighted by Gasteiger charge is -2.32. The second-order valence-corrected chi connectivity index (χ2v) is 6.74. The van der Waals surface area contributed by atoms with Crippen LogP contribution in [0.25, 0.3) is 0 Å². The largest absolute Gasteiger partial charge is 0.478 e. The average molecular weight is 337 g/mol. The molecule has 0 heterocycles. The third-order valence-corrected chi connectivity index (χ3v) is 4.80. The number of aromatic carboxylic acids is 1. The number of carbonyl (C=O) groups is 2. The second kappa shape index (κ2) is 7.97. The van der Waals surface area contributed by atoms with Gasteiger partial charge in [0.1, 0.15) is 0 Å². The first-order valence-corrected chi connectivity index (χ1v) is 8.76. The minimum absolute atomic E-state index is 0.0540. The highest BCUT2D eigenvalue weighted by Crippen LogP contribution is 2.28. The van der Waals surface area contributed by atoms with E-state index >= 15 is 0 Å². The predicted octanol–water partition coefficient (Wildman–Crippen LogP) is 3.76.